The minimum Gasteiger partial charge on any atom is -0.358 e. The summed E-state index contributed by atoms with van der Waals surface area (Å²) in [4.78, 5) is 6.26. The van der Waals surface area contributed by atoms with Gasteiger partial charge in [0.05, 0.1) is 0 Å². The molecule has 0 spiro atoms. The van der Waals surface area contributed by atoms with Gasteiger partial charge in [-0.05, 0) is 66.5 Å². The molecule has 3 aromatic rings. The van der Waals surface area contributed by atoms with Crippen molar-refractivity contribution >= 4 is 28.1 Å². The molecule has 0 radical (unpaired) electrons. The van der Waals surface area contributed by atoms with Gasteiger partial charge in [-0.3, -0.25) is 4.90 Å². The van der Waals surface area contributed by atoms with Gasteiger partial charge in [0.1, 0.15) is 0 Å². The number of fused-ring (bicyclic) bond motifs is 3. The first-order chi connectivity index (χ1) is 13.3. The number of hydrogen-bond acceptors (Lipinski definition) is 1. The number of nitrogens with one attached hydrogen (secondary N) is 1. The van der Waals surface area contributed by atoms with E-state index < -0.39 is 0 Å². The number of rotatable bonds is 3. The van der Waals surface area contributed by atoms with E-state index in [0.29, 0.717) is 0 Å². The molecule has 0 amide bonds. The molecule has 2 heterocycles. The van der Waals surface area contributed by atoms with Gasteiger partial charge in [-0.2, -0.15) is 0 Å². The standard InChI is InChI=1S/C24H25ClN2/c25-20-8-6-18(7-9-20)19-11-13-27(14-12-19)16-17-5-10-24-22(15-17)21-3-1-2-4-23(21)26-24/h1-4,6-9,11,17,26H,5,10,12-16H2. The maximum atomic E-state index is 6.02. The van der Waals surface area contributed by atoms with Gasteiger partial charge in [0.25, 0.3) is 0 Å². The summed E-state index contributed by atoms with van der Waals surface area (Å²) in [7, 11) is 0. The molecule has 0 fully saturated rings. The molecule has 138 valence electrons. The Bertz CT molecular complexity index is 983. The smallest absolute Gasteiger partial charge is 0.0458 e. The molecule has 27 heavy (non-hydrogen) atoms. The molecule has 1 unspecified atom stereocenters. The van der Waals surface area contributed by atoms with Gasteiger partial charge in [-0.1, -0.05) is 48.0 Å². The Morgan fingerprint density at radius 3 is 2.70 bits per heavy atom. The molecule has 1 aliphatic carbocycles. The first-order valence-corrected chi connectivity index (χ1v) is 10.4. The molecule has 5 rings (SSSR count). The topological polar surface area (TPSA) is 19.0 Å². The lowest BCUT2D eigenvalue weighted by Gasteiger charge is -2.32. The summed E-state index contributed by atoms with van der Waals surface area (Å²) < 4.78 is 0. The predicted octanol–water partition coefficient (Wildman–Crippen LogP) is 5.72. The second-order valence-corrected chi connectivity index (χ2v) is 8.42. The van der Waals surface area contributed by atoms with Crippen molar-refractivity contribution < 1.29 is 0 Å². The average molecular weight is 377 g/mol. The van der Waals surface area contributed by atoms with Crippen molar-refractivity contribution in [2.45, 2.75) is 25.7 Å². The van der Waals surface area contributed by atoms with Crippen molar-refractivity contribution in [3.05, 3.63) is 76.5 Å². The van der Waals surface area contributed by atoms with Gasteiger partial charge in [0, 0.05) is 41.3 Å². The molecular weight excluding hydrogens is 352 g/mol. The lowest BCUT2D eigenvalue weighted by molar-refractivity contribution is 0.238. The quantitative estimate of drug-likeness (QED) is 0.619. The lowest BCUT2D eigenvalue weighted by atomic mass is 9.85. The predicted molar refractivity (Wildman–Crippen MR) is 114 cm³/mol. The number of aryl methyl sites for hydroxylation is 1. The van der Waals surface area contributed by atoms with E-state index in [1.54, 1.807) is 5.56 Å². The van der Waals surface area contributed by atoms with Crippen LogP contribution in [0.15, 0.2) is 54.6 Å². The zero-order valence-electron chi connectivity index (χ0n) is 15.5. The molecule has 1 atom stereocenters. The van der Waals surface area contributed by atoms with Gasteiger partial charge in [0.15, 0.2) is 0 Å². The van der Waals surface area contributed by atoms with Crippen LogP contribution in [0.4, 0.5) is 0 Å². The number of aromatic amines is 1. The Kier molecular flexibility index (Phi) is 4.55. The fourth-order valence-corrected chi connectivity index (χ4v) is 4.89. The van der Waals surface area contributed by atoms with Crippen LogP contribution in [-0.4, -0.2) is 29.5 Å². The van der Waals surface area contributed by atoms with Crippen LogP contribution in [0, 0.1) is 5.92 Å². The van der Waals surface area contributed by atoms with Crippen LogP contribution in [0.5, 0.6) is 0 Å². The first kappa shape index (κ1) is 17.1. The van der Waals surface area contributed by atoms with Crippen LogP contribution in [0.25, 0.3) is 16.5 Å². The SMILES string of the molecule is Clc1ccc(C2=CCN(CC3CCc4[nH]c5ccccc5c4C3)CC2)cc1. The Morgan fingerprint density at radius 1 is 1.04 bits per heavy atom. The summed E-state index contributed by atoms with van der Waals surface area (Å²) in [6, 6.07) is 17.0. The molecule has 3 heteroatoms. The third kappa shape index (κ3) is 3.44. The molecule has 0 bridgehead atoms. The van der Waals surface area contributed by atoms with Crippen LogP contribution < -0.4 is 0 Å². The molecule has 2 aromatic carbocycles. The summed E-state index contributed by atoms with van der Waals surface area (Å²) in [6.45, 7) is 3.43. The van der Waals surface area contributed by atoms with Crippen molar-refractivity contribution in [2.75, 3.05) is 19.6 Å². The Balaban J connectivity index is 1.25. The van der Waals surface area contributed by atoms with Gasteiger partial charge in [0.2, 0.25) is 0 Å². The summed E-state index contributed by atoms with van der Waals surface area (Å²) >= 11 is 6.02. The number of para-hydroxylation sites is 1. The Labute approximate surface area is 165 Å². The highest BCUT2D eigenvalue weighted by Gasteiger charge is 2.24. The van der Waals surface area contributed by atoms with Crippen LogP contribution >= 0.6 is 11.6 Å². The molecule has 2 nitrogen and oxygen atoms in total. The lowest BCUT2D eigenvalue weighted by Crippen LogP contribution is -2.35. The average Bonchev–Trinajstić information content (AvgIpc) is 3.07. The fraction of sp³-hybridized carbons (Fsp3) is 0.333. The number of hydrogen-bond donors (Lipinski definition) is 1. The molecule has 0 saturated carbocycles. The third-order valence-electron chi connectivity index (χ3n) is 6.22. The molecule has 2 aliphatic rings. The highest BCUT2D eigenvalue weighted by atomic mass is 35.5. The van der Waals surface area contributed by atoms with E-state index in [4.69, 9.17) is 11.6 Å². The largest absolute Gasteiger partial charge is 0.358 e. The van der Waals surface area contributed by atoms with E-state index >= 15 is 0 Å². The van der Waals surface area contributed by atoms with Crippen molar-refractivity contribution in [3.8, 4) is 0 Å². The summed E-state index contributed by atoms with van der Waals surface area (Å²) in [5, 5.41) is 2.24. The van der Waals surface area contributed by atoms with E-state index in [2.05, 4.69) is 52.4 Å². The van der Waals surface area contributed by atoms with E-state index in [9.17, 15) is 0 Å². The third-order valence-corrected chi connectivity index (χ3v) is 6.47. The Hall–Kier alpha value is -2.03. The van der Waals surface area contributed by atoms with Crippen molar-refractivity contribution in [1.29, 1.82) is 0 Å². The number of benzene rings is 2. The normalized spacial score (nSPS) is 20.5. The monoisotopic (exact) mass is 376 g/mol. The van der Waals surface area contributed by atoms with Gasteiger partial charge < -0.3 is 4.98 Å². The second-order valence-electron chi connectivity index (χ2n) is 7.98. The zero-order valence-corrected chi connectivity index (χ0v) is 16.3. The zero-order chi connectivity index (χ0) is 18.2. The van der Waals surface area contributed by atoms with Gasteiger partial charge in [-0.25, -0.2) is 0 Å². The van der Waals surface area contributed by atoms with Crippen molar-refractivity contribution in [2.24, 2.45) is 5.92 Å². The number of aromatic nitrogens is 1. The highest BCUT2D eigenvalue weighted by Crippen LogP contribution is 2.32. The van der Waals surface area contributed by atoms with E-state index in [0.717, 1.165) is 30.5 Å². The number of nitrogens with zero attached hydrogens (tertiary/aromatic N) is 1. The molecule has 1 aromatic heterocycles. The van der Waals surface area contributed by atoms with Crippen LogP contribution in [0.2, 0.25) is 5.02 Å². The van der Waals surface area contributed by atoms with Crippen molar-refractivity contribution in [3.63, 3.8) is 0 Å². The highest BCUT2D eigenvalue weighted by molar-refractivity contribution is 6.30. The van der Waals surface area contributed by atoms with E-state index in [-0.39, 0.29) is 0 Å². The van der Waals surface area contributed by atoms with E-state index in [1.807, 2.05) is 12.1 Å². The van der Waals surface area contributed by atoms with Crippen LogP contribution in [-0.2, 0) is 12.8 Å². The minimum atomic E-state index is 0.766. The van der Waals surface area contributed by atoms with Crippen LogP contribution in [0.1, 0.15) is 29.7 Å². The Morgan fingerprint density at radius 2 is 1.89 bits per heavy atom. The summed E-state index contributed by atoms with van der Waals surface area (Å²) in [5.74, 6) is 0.766. The van der Waals surface area contributed by atoms with Crippen LogP contribution in [0.3, 0.4) is 0 Å². The maximum absolute atomic E-state index is 6.02. The van der Waals surface area contributed by atoms with Gasteiger partial charge in [-0.15, -0.1) is 0 Å². The molecule has 1 aliphatic heterocycles. The second kappa shape index (κ2) is 7.18. The minimum absolute atomic E-state index is 0.766. The first-order valence-electron chi connectivity index (χ1n) is 10.0. The molecular formula is C24H25ClN2. The molecule has 1 N–H and O–H groups in total. The number of H-pyrrole nitrogens is 1. The van der Waals surface area contributed by atoms with Gasteiger partial charge >= 0.3 is 0 Å². The maximum Gasteiger partial charge on any atom is 0.0458 e. The molecule has 0 saturated heterocycles. The van der Waals surface area contributed by atoms with Crippen molar-refractivity contribution in [1.82, 2.24) is 9.88 Å². The van der Waals surface area contributed by atoms with E-state index in [1.165, 1.54) is 53.5 Å². The fourth-order valence-electron chi connectivity index (χ4n) is 4.77. The summed E-state index contributed by atoms with van der Waals surface area (Å²) in [5.41, 5.74) is 7.12. The number of halogens is 1. The summed E-state index contributed by atoms with van der Waals surface area (Å²) in [6.07, 6.45) is 7.24.